The Labute approximate surface area is 594 Å². The van der Waals surface area contributed by atoms with Crippen molar-refractivity contribution in [3.8, 4) is 57.7 Å². The zero-order valence-electron chi connectivity index (χ0n) is 57.6. The van der Waals surface area contributed by atoms with Gasteiger partial charge >= 0.3 is 10.4 Å². The van der Waals surface area contributed by atoms with E-state index < -0.39 is 33.1 Å². The van der Waals surface area contributed by atoms with Gasteiger partial charge in [0.15, 0.2) is 11.3 Å². The van der Waals surface area contributed by atoms with Gasteiger partial charge in [-0.2, -0.15) is 29.1 Å². The maximum atomic E-state index is 15.7. The lowest BCUT2D eigenvalue weighted by Gasteiger charge is -2.46. The second-order valence-electron chi connectivity index (χ2n) is 27.2. The summed E-state index contributed by atoms with van der Waals surface area (Å²) in [5.41, 5.74) is 13.9. The fourth-order valence-electron chi connectivity index (χ4n) is 14.0. The van der Waals surface area contributed by atoms with Gasteiger partial charge in [0.2, 0.25) is 0 Å². The highest BCUT2D eigenvalue weighted by molar-refractivity contribution is 7.79. The quantitative estimate of drug-likeness (QED) is 0.0402. The Hall–Kier alpha value is -9.93. The number of amides is 2. The molecule has 6 N–H and O–H groups in total. The first kappa shape index (κ1) is 72.8. The smallest absolute Gasteiger partial charge is 0.394 e. The SMILES string of the molecule is CC(C)(C=C(C#N)C(=O)N1CCC[C@@H](n2nc(-c3ccc(Oc4ccccc4)cc3F)c3c(N)ncnc32)C1)N1CCN(C2COC2)CC1.CC(C)(C=C(C#N)C(=O)N1CCC[C@@H](n2nc(-c3ccc(Oc4ccccc4)cc3F)c3c(N)ncnc32)C1)N1CCN(C2COC2)CC1.O=S(=O)(O)O. The van der Waals surface area contributed by atoms with E-state index >= 15 is 8.78 Å². The topological polar surface area (TPSA) is 352 Å². The van der Waals surface area contributed by atoms with E-state index in [2.05, 4.69) is 79.4 Å². The number of nitrogens with zero attached hydrogens (tertiary/aromatic N) is 16. The van der Waals surface area contributed by atoms with Gasteiger partial charge in [-0.3, -0.25) is 38.3 Å². The Kier molecular flexibility index (Phi) is 22.2. The minimum atomic E-state index is -4.67. The Morgan fingerprint density at radius 3 is 1.25 bits per heavy atom. The van der Waals surface area contributed by atoms with Crippen LogP contribution in [0.5, 0.6) is 23.0 Å². The summed E-state index contributed by atoms with van der Waals surface area (Å²) in [6.45, 7) is 20.1. The summed E-state index contributed by atoms with van der Waals surface area (Å²) in [4.78, 5) is 58.0. The van der Waals surface area contributed by atoms with Crippen LogP contribution in [0.25, 0.3) is 44.6 Å². The molecule has 10 heterocycles. The van der Waals surface area contributed by atoms with Gasteiger partial charge in [0.05, 0.1) is 61.4 Å². The predicted molar refractivity (Wildman–Crippen MR) is 378 cm³/mol. The molecule has 4 aromatic heterocycles. The van der Waals surface area contributed by atoms with E-state index in [1.165, 1.54) is 24.8 Å². The molecule has 6 saturated heterocycles. The molecule has 0 bridgehead atoms. The average molecular weight is 1430 g/mol. The molecular weight excluding hydrogens is 1350 g/mol. The number of anilines is 2. The Morgan fingerprint density at radius 2 is 0.922 bits per heavy atom. The molecule has 103 heavy (non-hydrogen) atoms. The maximum absolute atomic E-state index is 15.7. The van der Waals surface area contributed by atoms with Gasteiger partial charge in [-0.1, -0.05) is 36.4 Å². The number of benzene rings is 4. The molecule has 6 fully saturated rings. The number of piperidine rings is 2. The summed E-state index contributed by atoms with van der Waals surface area (Å²) < 4.78 is 88.8. The van der Waals surface area contributed by atoms with Gasteiger partial charge in [0.1, 0.15) is 93.6 Å². The number of piperazine rings is 2. The molecule has 0 radical (unpaired) electrons. The van der Waals surface area contributed by atoms with Crippen LogP contribution in [-0.4, -0.2) is 226 Å². The van der Waals surface area contributed by atoms with Crippen molar-refractivity contribution in [1.82, 2.24) is 68.9 Å². The number of likely N-dealkylation sites (tertiary alicyclic amines) is 2. The number of nitriles is 2. The number of fused-ring (bicyclic) bond motifs is 2. The normalized spacial score (nSPS) is 19.4. The zero-order chi connectivity index (χ0) is 72.7. The second-order valence-corrected chi connectivity index (χ2v) is 28.1. The van der Waals surface area contributed by atoms with Crippen molar-refractivity contribution in [1.29, 1.82) is 10.5 Å². The van der Waals surface area contributed by atoms with Crippen molar-refractivity contribution in [3.05, 3.63) is 145 Å². The van der Waals surface area contributed by atoms with Crippen molar-refractivity contribution in [3.63, 3.8) is 0 Å². The summed E-state index contributed by atoms with van der Waals surface area (Å²) in [5, 5.41) is 30.9. The molecule has 2 atom stereocenters. The molecule has 0 unspecified atom stereocenters. The molecule has 31 heteroatoms. The van der Waals surface area contributed by atoms with Crippen LogP contribution in [0.2, 0.25) is 0 Å². The average Bonchev–Trinajstić information content (AvgIpc) is 1.63. The van der Waals surface area contributed by atoms with Crippen LogP contribution in [0.15, 0.2) is 133 Å². The van der Waals surface area contributed by atoms with Crippen LogP contribution in [0.1, 0.15) is 65.5 Å². The van der Waals surface area contributed by atoms with Crippen molar-refractivity contribution in [2.24, 2.45) is 0 Å². The molecule has 6 aliphatic heterocycles. The van der Waals surface area contributed by atoms with Crippen LogP contribution >= 0.6 is 0 Å². The fourth-order valence-corrected chi connectivity index (χ4v) is 14.0. The summed E-state index contributed by atoms with van der Waals surface area (Å²) in [6, 6.07) is 32.3. The van der Waals surface area contributed by atoms with Gasteiger partial charge in [-0.15, -0.1) is 0 Å². The third kappa shape index (κ3) is 16.9. The number of halogens is 2. The molecule has 0 aliphatic carbocycles. The highest BCUT2D eigenvalue weighted by atomic mass is 32.3. The highest BCUT2D eigenvalue weighted by Crippen LogP contribution is 2.40. The van der Waals surface area contributed by atoms with Crippen molar-refractivity contribution >= 4 is 55.9 Å². The van der Waals surface area contributed by atoms with E-state index in [0.29, 0.717) is 120 Å². The number of nitrogen functional groups attached to an aromatic ring is 2. The van der Waals surface area contributed by atoms with Gasteiger partial charge in [-0.05, 0) is 114 Å². The first-order chi connectivity index (χ1) is 49.4. The zero-order valence-corrected chi connectivity index (χ0v) is 58.4. The van der Waals surface area contributed by atoms with Crippen LogP contribution in [0, 0.1) is 34.3 Å². The minimum absolute atomic E-state index is 0.123. The number of para-hydroxylation sites is 2. The molecule has 540 valence electrons. The monoisotopic (exact) mass is 1430 g/mol. The number of hydrogen-bond donors (Lipinski definition) is 4. The largest absolute Gasteiger partial charge is 0.457 e. The number of ether oxygens (including phenoxy) is 4. The lowest BCUT2D eigenvalue weighted by molar-refractivity contribution is -0.129. The first-order valence-corrected chi connectivity index (χ1v) is 35.5. The van der Waals surface area contributed by atoms with Crippen LogP contribution in [0.4, 0.5) is 20.4 Å². The van der Waals surface area contributed by atoms with Gasteiger partial charge in [0.25, 0.3) is 11.8 Å². The van der Waals surface area contributed by atoms with Gasteiger partial charge in [0, 0.05) is 113 Å². The van der Waals surface area contributed by atoms with E-state index in [4.69, 9.17) is 58.1 Å². The predicted octanol–water partition coefficient (Wildman–Crippen LogP) is 8.18. The van der Waals surface area contributed by atoms with Crippen molar-refractivity contribution < 1.29 is 54.8 Å². The number of aromatic nitrogens is 8. The molecule has 0 spiro atoms. The molecule has 4 aromatic carbocycles. The van der Waals surface area contributed by atoms with E-state index in [1.807, 2.05) is 48.6 Å². The number of carbonyl (C=O) groups is 2. The Balaban J connectivity index is 0.000000182. The minimum Gasteiger partial charge on any atom is -0.457 e. The molecular formula is C72H82F2N18O10S. The molecule has 0 saturated carbocycles. The van der Waals surface area contributed by atoms with Crippen molar-refractivity contribution in [2.75, 3.05) is 116 Å². The van der Waals surface area contributed by atoms with Crippen molar-refractivity contribution in [2.45, 2.75) is 88.6 Å². The Bertz CT molecular complexity index is 4370. The standard InChI is InChI=1S/2C36H40FN9O3.H2O4S/c2*1-36(2,45-15-13-43(14-16-45)26-21-48-22-26)18-24(19-38)35(47)44-12-6-7-25(20-44)46-34-31(33(39)40-23-41-34)32(42-46)29-11-10-28(17-30(29)37)49-27-8-4-3-5-9-27;1-5(2,3)4/h2*3-5,8-11,17-18,23,25-26H,6-7,12-16,20-22H2,1-2H3,(H2,39,40,41);(H2,1,2,3,4)/t2*25-;/m11./s1. The van der Waals surface area contributed by atoms with Crippen LogP contribution < -0.4 is 20.9 Å². The van der Waals surface area contributed by atoms with E-state index in [0.717, 1.165) is 78.8 Å². The third-order valence-electron chi connectivity index (χ3n) is 19.7. The van der Waals surface area contributed by atoms with Gasteiger partial charge < -0.3 is 40.2 Å². The summed E-state index contributed by atoms with van der Waals surface area (Å²) in [5.74, 6) is 0.545. The summed E-state index contributed by atoms with van der Waals surface area (Å²) in [7, 11) is -4.67. The fraction of sp³-hybridized carbons (Fsp3) is 0.417. The van der Waals surface area contributed by atoms with E-state index in [-0.39, 0.29) is 57.8 Å². The van der Waals surface area contributed by atoms with Crippen LogP contribution in [-0.2, 0) is 29.5 Å². The molecule has 14 rings (SSSR count). The first-order valence-electron chi connectivity index (χ1n) is 34.1. The number of rotatable bonds is 16. The third-order valence-corrected chi connectivity index (χ3v) is 19.7. The highest BCUT2D eigenvalue weighted by Gasteiger charge is 2.39. The number of hydrogen-bond acceptors (Lipinski definition) is 22. The number of nitrogens with two attached hydrogens (primary N) is 2. The lowest BCUT2D eigenvalue weighted by Crippen LogP contribution is -2.59. The lowest BCUT2D eigenvalue weighted by atomic mass is 9.96. The second kappa shape index (κ2) is 31.3. The summed E-state index contributed by atoms with van der Waals surface area (Å²) >= 11 is 0. The molecule has 28 nitrogen and oxygen atoms in total. The maximum Gasteiger partial charge on any atom is 0.394 e. The molecule has 6 aliphatic rings. The van der Waals surface area contributed by atoms with E-state index in [9.17, 15) is 20.1 Å². The van der Waals surface area contributed by atoms with E-state index in [1.54, 1.807) is 67.7 Å². The summed E-state index contributed by atoms with van der Waals surface area (Å²) in [6.07, 6.45) is 9.15. The number of carbonyl (C=O) groups excluding carboxylic acids is 2. The molecule has 8 aromatic rings. The van der Waals surface area contributed by atoms with Gasteiger partial charge in [-0.25, -0.2) is 38.1 Å². The molecule has 2 amide bonds. The van der Waals surface area contributed by atoms with Crippen LogP contribution in [0.3, 0.4) is 0 Å². The Morgan fingerprint density at radius 1 is 0.553 bits per heavy atom.